The molecule has 4 nitrogen and oxygen atoms in total. The summed E-state index contributed by atoms with van der Waals surface area (Å²) in [7, 11) is 0. The Labute approximate surface area is 187 Å². The molecule has 2 rings (SSSR count). The smallest absolute Gasteiger partial charge is 0.242 e. The number of benzene rings is 2. The van der Waals surface area contributed by atoms with Gasteiger partial charge in [-0.15, -0.1) is 11.8 Å². The number of amides is 2. The van der Waals surface area contributed by atoms with Crippen LogP contribution in [0.3, 0.4) is 0 Å². The fraction of sp³-hybridized carbons (Fsp3) is 0.364. The van der Waals surface area contributed by atoms with Gasteiger partial charge in [-0.2, -0.15) is 0 Å². The van der Waals surface area contributed by atoms with E-state index >= 15 is 0 Å². The maximum atomic E-state index is 13.0. The summed E-state index contributed by atoms with van der Waals surface area (Å²) in [5.74, 6) is 0.399. The zero-order valence-electron chi connectivity index (χ0n) is 16.8. The predicted molar refractivity (Wildman–Crippen MR) is 122 cm³/mol. The van der Waals surface area contributed by atoms with Crippen LogP contribution < -0.4 is 5.32 Å². The van der Waals surface area contributed by atoms with E-state index in [1.807, 2.05) is 50.2 Å². The van der Waals surface area contributed by atoms with Crippen LogP contribution in [0.4, 0.5) is 0 Å². The number of carbonyl (C=O) groups excluding carboxylic acids is 2. The summed E-state index contributed by atoms with van der Waals surface area (Å²) >= 11 is 13.5. The summed E-state index contributed by atoms with van der Waals surface area (Å²) in [6, 6.07) is 14.3. The highest BCUT2D eigenvalue weighted by Gasteiger charge is 2.26. The van der Waals surface area contributed by atoms with Gasteiger partial charge in [0.05, 0.1) is 0 Å². The minimum absolute atomic E-state index is 0.0119. The average molecular weight is 453 g/mol. The molecule has 0 spiro atoms. The zero-order valence-corrected chi connectivity index (χ0v) is 19.2. The molecule has 0 radical (unpaired) electrons. The molecule has 0 unspecified atom stereocenters. The number of carbonyl (C=O) groups is 2. The van der Waals surface area contributed by atoms with E-state index in [4.69, 9.17) is 23.2 Å². The van der Waals surface area contributed by atoms with Crippen molar-refractivity contribution in [2.75, 3.05) is 5.75 Å². The topological polar surface area (TPSA) is 49.4 Å². The summed E-state index contributed by atoms with van der Waals surface area (Å²) in [4.78, 5) is 28.2. The van der Waals surface area contributed by atoms with Crippen LogP contribution in [0.15, 0.2) is 53.4 Å². The normalized spacial score (nSPS) is 11.9. The van der Waals surface area contributed by atoms with E-state index in [0.717, 1.165) is 10.5 Å². The Kier molecular flexibility index (Phi) is 9.34. The molecule has 2 aromatic rings. The quantitative estimate of drug-likeness (QED) is 0.516. The summed E-state index contributed by atoms with van der Waals surface area (Å²) in [5.41, 5.74) is 0.928. The molecule has 0 aromatic heterocycles. The van der Waals surface area contributed by atoms with Crippen molar-refractivity contribution in [3.8, 4) is 0 Å². The van der Waals surface area contributed by atoms with Crippen molar-refractivity contribution in [2.45, 2.75) is 50.7 Å². The lowest BCUT2D eigenvalue weighted by Crippen LogP contribution is -2.49. The molecule has 0 aliphatic heterocycles. The van der Waals surface area contributed by atoms with Gasteiger partial charge in [-0.3, -0.25) is 9.59 Å². The molecule has 156 valence electrons. The number of nitrogens with one attached hydrogen (secondary N) is 1. The van der Waals surface area contributed by atoms with Gasteiger partial charge in [0.15, 0.2) is 0 Å². The Morgan fingerprint density at radius 2 is 1.52 bits per heavy atom. The van der Waals surface area contributed by atoms with Crippen LogP contribution in [0.25, 0.3) is 0 Å². The Balaban J connectivity index is 2.05. The number of rotatable bonds is 9. The molecule has 2 aromatic carbocycles. The van der Waals surface area contributed by atoms with Gasteiger partial charge in [-0.05, 0) is 62.7 Å². The van der Waals surface area contributed by atoms with Crippen molar-refractivity contribution in [1.82, 2.24) is 10.2 Å². The highest BCUT2D eigenvalue weighted by atomic mass is 35.5. The molecule has 0 saturated heterocycles. The molecule has 2 amide bonds. The summed E-state index contributed by atoms with van der Waals surface area (Å²) in [5, 5.41) is 4.21. The predicted octanol–water partition coefficient (Wildman–Crippen LogP) is 5.42. The lowest BCUT2D eigenvalue weighted by atomic mass is 10.1. The van der Waals surface area contributed by atoms with Gasteiger partial charge in [0, 0.05) is 39.7 Å². The minimum Gasteiger partial charge on any atom is -0.352 e. The molecule has 29 heavy (non-hydrogen) atoms. The largest absolute Gasteiger partial charge is 0.352 e. The molecule has 1 N–H and O–H groups in total. The first-order valence-corrected chi connectivity index (χ1v) is 11.2. The minimum atomic E-state index is -0.568. The standard InChI is InChI=1S/C22H26Cl2N2O2S/c1-15(2)25-22(28)16(3)26(14-17-4-6-18(23)7-5-17)21(27)12-13-29-20-10-8-19(24)9-11-20/h4-11,15-16H,12-14H2,1-3H3,(H,25,28)/t16-/m0/s1. The number of hydrogen-bond donors (Lipinski definition) is 1. The first-order valence-electron chi connectivity index (χ1n) is 9.49. The van der Waals surface area contributed by atoms with E-state index in [1.165, 1.54) is 0 Å². The van der Waals surface area contributed by atoms with Crippen LogP contribution >= 0.6 is 35.0 Å². The highest BCUT2D eigenvalue weighted by molar-refractivity contribution is 7.99. The fourth-order valence-electron chi connectivity index (χ4n) is 2.70. The number of halogens is 2. The highest BCUT2D eigenvalue weighted by Crippen LogP contribution is 2.22. The Morgan fingerprint density at radius 1 is 0.966 bits per heavy atom. The van der Waals surface area contributed by atoms with Gasteiger partial charge in [0.2, 0.25) is 11.8 Å². The van der Waals surface area contributed by atoms with Crippen molar-refractivity contribution in [3.05, 3.63) is 64.1 Å². The fourth-order valence-corrected chi connectivity index (χ4v) is 3.80. The van der Waals surface area contributed by atoms with E-state index in [1.54, 1.807) is 35.7 Å². The van der Waals surface area contributed by atoms with Crippen molar-refractivity contribution < 1.29 is 9.59 Å². The first-order chi connectivity index (χ1) is 13.8. The van der Waals surface area contributed by atoms with E-state index in [0.29, 0.717) is 28.8 Å². The van der Waals surface area contributed by atoms with Crippen LogP contribution in [0.5, 0.6) is 0 Å². The molecule has 7 heteroatoms. The van der Waals surface area contributed by atoms with Gasteiger partial charge in [0.25, 0.3) is 0 Å². The second-order valence-corrected chi connectivity index (χ2v) is 9.08. The SMILES string of the molecule is CC(C)NC(=O)[C@H](C)N(Cc1ccc(Cl)cc1)C(=O)CCSc1ccc(Cl)cc1. The second kappa shape index (κ2) is 11.5. The van der Waals surface area contributed by atoms with Crippen molar-refractivity contribution in [1.29, 1.82) is 0 Å². The van der Waals surface area contributed by atoms with E-state index in [2.05, 4.69) is 5.32 Å². The molecule has 0 bridgehead atoms. The van der Waals surface area contributed by atoms with Gasteiger partial charge in [-0.1, -0.05) is 35.3 Å². The summed E-state index contributed by atoms with van der Waals surface area (Å²) in [6.45, 7) is 5.92. The molecule has 0 heterocycles. The molecule has 0 aliphatic rings. The van der Waals surface area contributed by atoms with Crippen LogP contribution in [0.2, 0.25) is 10.0 Å². The van der Waals surface area contributed by atoms with E-state index < -0.39 is 6.04 Å². The third kappa shape index (κ3) is 7.92. The van der Waals surface area contributed by atoms with Crippen molar-refractivity contribution >= 4 is 46.8 Å². The number of thioether (sulfide) groups is 1. The molecular weight excluding hydrogens is 427 g/mol. The lowest BCUT2D eigenvalue weighted by Gasteiger charge is -2.29. The van der Waals surface area contributed by atoms with E-state index in [-0.39, 0.29) is 17.9 Å². The molecule has 0 saturated carbocycles. The van der Waals surface area contributed by atoms with Crippen LogP contribution in [0, 0.1) is 0 Å². The summed E-state index contributed by atoms with van der Waals surface area (Å²) in [6.07, 6.45) is 0.334. The van der Waals surface area contributed by atoms with Crippen LogP contribution in [0.1, 0.15) is 32.8 Å². The van der Waals surface area contributed by atoms with Gasteiger partial charge < -0.3 is 10.2 Å². The third-order valence-electron chi connectivity index (χ3n) is 4.26. The number of nitrogens with zero attached hydrogens (tertiary/aromatic N) is 1. The van der Waals surface area contributed by atoms with Crippen molar-refractivity contribution in [2.24, 2.45) is 0 Å². The maximum absolute atomic E-state index is 13.0. The van der Waals surface area contributed by atoms with Crippen LogP contribution in [-0.2, 0) is 16.1 Å². The van der Waals surface area contributed by atoms with Crippen LogP contribution in [-0.4, -0.2) is 34.6 Å². The number of hydrogen-bond acceptors (Lipinski definition) is 3. The Morgan fingerprint density at radius 3 is 2.07 bits per heavy atom. The second-order valence-electron chi connectivity index (χ2n) is 7.04. The average Bonchev–Trinajstić information content (AvgIpc) is 2.68. The molecule has 1 atom stereocenters. The monoisotopic (exact) mass is 452 g/mol. The Hall–Kier alpha value is -1.69. The molecular formula is C22H26Cl2N2O2S. The third-order valence-corrected chi connectivity index (χ3v) is 5.78. The molecule has 0 aliphatic carbocycles. The van der Waals surface area contributed by atoms with Gasteiger partial charge >= 0.3 is 0 Å². The maximum Gasteiger partial charge on any atom is 0.242 e. The van der Waals surface area contributed by atoms with E-state index in [9.17, 15) is 9.59 Å². The summed E-state index contributed by atoms with van der Waals surface area (Å²) < 4.78 is 0. The lowest BCUT2D eigenvalue weighted by molar-refractivity contribution is -0.140. The first kappa shape index (κ1) is 23.6. The Bertz CT molecular complexity index is 811. The van der Waals surface area contributed by atoms with Crippen molar-refractivity contribution in [3.63, 3.8) is 0 Å². The van der Waals surface area contributed by atoms with Gasteiger partial charge in [-0.25, -0.2) is 0 Å². The van der Waals surface area contributed by atoms with Gasteiger partial charge in [0.1, 0.15) is 6.04 Å². The molecule has 0 fully saturated rings. The zero-order chi connectivity index (χ0) is 21.4.